The highest BCUT2D eigenvalue weighted by Crippen LogP contribution is 2.18. The van der Waals surface area contributed by atoms with E-state index in [1.165, 1.54) is 6.42 Å². The lowest BCUT2D eigenvalue weighted by Crippen LogP contribution is -2.51. The van der Waals surface area contributed by atoms with Crippen molar-refractivity contribution in [1.82, 2.24) is 5.32 Å². The van der Waals surface area contributed by atoms with Crippen LogP contribution in [-0.4, -0.2) is 11.9 Å². The maximum atomic E-state index is 12.3. The minimum atomic E-state index is -0.979. The first-order valence-corrected chi connectivity index (χ1v) is 7.49. The molecule has 1 aromatic rings. The molecule has 1 amide bonds. The first kappa shape index (κ1) is 16.7. The molecule has 0 heterocycles. The third-order valence-electron chi connectivity index (χ3n) is 3.64. The summed E-state index contributed by atoms with van der Waals surface area (Å²) in [4.78, 5) is 12.3. The highest BCUT2D eigenvalue weighted by atomic mass is 16.2. The Labute approximate surface area is 122 Å². The van der Waals surface area contributed by atoms with Crippen LogP contribution in [0.25, 0.3) is 0 Å². The number of amides is 1. The predicted molar refractivity (Wildman–Crippen MR) is 84.3 cm³/mol. The Morgan fingerprint density at radius 3 is 2.35 bits per heavy atom. The summed E-state index contributed by atoms with van der Waals surface area (Å²) in [5, 5.41) is 3.03. The fourth-order valence-corrected chi connectivity index (χ4v) is 2.19. The van der Waals surface area contributed by atoms with E-state index in [4.69, 9.17) is 5.73 Å². The molecule has 3 heteroatoms. The van der Waals surface area contributed by atoms with Crippen molar-refractivity contribution >= 4 is 5.91 Å². The highest BCUT2D eigenvalue weighted by molar-refractivity contribution is 5.87. The van der Waals surface area contributed by atoms with Crippen LogP contribution in [0, 0.1) is 5.92 Å². The molecule has 0 saturated heterocycles. The minimum absolute atomic E-state index is 0.110. The van der Waals surface area contributed by atoms with Gasteiger partial charge in [-0.1, -0.05) is 57.0 Å². The van der Waals surface area contributed by atoms with Crippen LogP contribution in [0.15, 0.2) is 30.3 Å². The zero-order chi connectivity index (χ0) is 15.2. The van der Waals surface area contributed by atoms with Crippen LogP contribution in [-0.2, 0) is 10.3 Å². The van der Waals surface area contributed by atoms with Gasteiger partial charge in [0.1, 0.15) is 5.54 Å². The zero-order valence-electron chi connectivity index (χ0n) is 13.1. The lowest BCUT2D eigenvalue weighted by Gasteiger charge is -2.26. The minimum Gasteiger partial charge on any atom is -0.352 e. The lowest BCUT2D eigenvalue weighted by molar-refractivity contribution is -0.126. The number of nitrogens with two attached hydrogens (primary N) is 1. The Morgan fingerprint density at radius 1 is 1.20 bits per heavy atom. The van der Waals surface area contributed by atoms with Crippen molar-refractivity contribution in [3.63, 3.8) is 0 Å². The standard InChI is InChI=1S/C17H28N2O/c1-13(2)9-8-10-14(3)19-16(20)17(4,18)15-11-6-5-7-12-15/h5-7,11-14H,8-10,18H2,1-4H3,(H,19,20). The second kappa shape index (κ2) is 7.44. The van der Waals surface area contributed by atoms with Crippen LogP contribution in [0.3, 0.4) is 0 Å². The second-order valence-electron chi connectivity index (χ2n) is 6.27. The maximum absolute atomic E-state index is 12.3. The monoisotopic (exact) mass is 276 g/mol. The van der Waals surface area contributed by atoms with Gasteiger partial charge in [0.25, 0.3) is 0 Å². The molecule has 0 saturated carbocycles. The van der Waals surface area contributed by atoms with Gasteiger partial charge in [-0.2, -0.15) is 0 Å². The number of hydrogen-bond donors (Lipinski definition) is 2. The molecule has 0 aromatic heterocycles. The van der Waals surface area contributed by atoms with E-state index in [2.05, 4.69) is 19.2 Å². The quantitative estimate of drug-likeness (QED) is 0.803. The van der Waals surface area contributed by atoms with Gasteiger partial charge < -0.3 is 11.1 Å². The van der Waals surface area contributed by atoms with Crippen LogP contribution >= 0.6 is 0 Å². The number of hydrogen-bond acceptors (Lipinski definition) is 2. The Bertz CT molecular complexity index is 412. The zero-order valence-corrected chi connectivity index (χ0v) is 13.1. The number of nitrogens with one attached hydrogen (secondary N) is 1. The predicted octanol–water partition coefficient (Wildman–Crippen LogP) is 3.19. The number of carbonyl (C=O) groups is 1. The van der Waals surface area contributed by atoms with Crippen molar-refractivity contribution in [2.45, 2.75) is 58.5 Å². The number of benzene rings is 1. The number of carbonyl (C=O) groups excluding carboxylic acids is 1. The Kier molecular flexibility index (Phi) is 6.21. The normalized spacial score (nSPS) is 15.7. The largest absolute Gasteiger partial charge is 0.352 e. The second-order valence-corrected chi connectivity index (χ2v) is 6.27. The fourth-order valence-electron chi connectivity index (χ4n) is 2.19. The third-order valence-corrected chi connectivity index (χ3v) is 3.64. The van der Waals surface area contributed by atoms with E-state index in [0.29, 0.717) is 5.92 Å². The molecule has 112 valence electrons. The molecule has 0 fully saturated rings. The topological polar surface area (TPSA) is 55.1 Å². The van der Waals surface area contributed by atoms with Gasteiger partial charge in [0.05, 0.1) is 0 Å². The summed E-state index contributed by atoms with van der Waals surface area (Å²) in [6.07, 6.45) is 3.32. The smallest absolute Gasteiger partial charge is 0.244 e. The van der Waals surface area contributed by atoms with Crippen molar-refractivity contribution in [1.29, 1.82) is 0 Å². The molecule has 1 rings (SSSR count). The van der Waals surface area contributed by atoms with E-state index in [-0.39, 0.29) is 11.9 Å². The molecule has 0 spiro atoms. The Balaban J connectivity index is 2.53. The van der Waals surface area contributed by atoms with Crippen LogP contribution < -0.4 is 11.1 Å². The molecule has 3 nitrogen and oxygen atoms in total. The molecule has 0 radical (unpaired) electrons. The summed E-state index contributed by atoms with van der Waals surface area (Å²) in [7, 11) is 0. The SMILES string of the molecule is CC(C)CCCC(C)NC(=O)C(C)(N)c1ccccc1. The summed E-state index contributed by atoms with van der Waals surface area (Å²) in [6.45, 7) is 8.24. The van der Waals surface area contributed by atoms with Gasteiger partial charge >= 0.3 is 0 Å². The molecule has 2 atom stereocenters. The van der Waals surface area contributed by atoms with Gasteiger partial charge in [-0.25, -0.2) is 0 Å². The first-order chi connectivity index (χ1) is 9.34. The molecule has 1 aromatic carbocycles. The molecule has 0 aliphatic heterocycles. The van der Waals surface area contributed by atoms with Crippen molar-refractivity contribution in [3.05, 3.63) is 35.9 Å². The summed E-state index contributed by atoms with van der Waals surface area (Å²) < 4.78 is 0. The van der Waals surface area contributed by atoms with Gasteiger partial charge in [0, 0.05) is 6.04 Å². The molecule has 2 unspecified atom stereocenters. The van der Waals surface area contributed by atoms with Crippen LogP contribution in [0.5, 0.6) is 0 Å². The van der Waals surface area contributed by atoms with E-state index >= 15 is 0 Å². The van der Waals surface area contributed by atoms with E-state index in [9.17, 15) is 4.79 Å². The fraction of sp³-hybridized carbons (Fsp3) is 0.588. The highest BCUT2D eigenvalue weighted by Gasteiger charge is 2.30. The van der Waals surface area contributed by atoms with Gasteiger partial charge in [-0.3, -0.25) is 4.79 Å². The maximum Gasteiger partial charge on any atom is 0.244 e. The van der Waals surface area contributed by atoms with Crippen molar-refractivity contribution in [3.8, 4) is 0 Å². The summed E-state index contributed by atoms with van der Waals surface area (Å²) >= 11 is 0. The van der Waals surface area contributed by atoms with Gasteiger partial charge in [-0.05, 0) is 31.7 Å². The van der Waals surface area contributed by atoms with Crippen LogP contribution in [0.1, 0.15) is 52.5 Å². The summed E-state index contributed by atoms with van der Waals surface area (Å²) in [5.41, 5.74) is 6.06. The molecular formula is C17H28N2O. The molecule has 0 bridgehead atoms. The van der Waals surface area contributed by atoms with Crippen molar-refractivity contribution in [2.24, 2.45) is 11.7 Å². The van der Waals surface area contributed by atoms with E-state index in [1.54, 1.807) is 6.92 Å². The Hall–Kier alpha value is -1.35. The van der Waals surface area contributed by atoms with Crippen molar-refractivity contribution < 1.29 is 4.79 Å². The first-order valence-electron chi connectivity index (χ1n) is 7.49. The van der Waals surface area contributed by atoms with Gasteiger partial charge in [0.2, 0.25) is 5.91 Å². The van der Waals surface area contributed by atoms with Gasteiger partial charge in [-0.15, -0.1) is 0 Å². The van der Waals surface area contributed by atoms with E-state index in [1.807, 2.05) is 37.3 Å². The van der Waals surface area contributed by atoms with Crippen LogP contribution in [0.2, 0.25) is 0 Å². The molecule has 3 N–H and O–H groups in total. The summed E-state index contributed by atoms with van der Waals surface area (Å²) in [5.74, 6) is 0.600. The van der Waals surface area contributed by atoms with Crippen LogP contribution in [0.4, 0.5) is 0 Å². The number of rotatable bonds is 7. The van der Waals surface area contributed by atoms with Crippen molar-refractivity contribution in [2.75, 3.05) is 0 Å². The summed E-state index contributed by atoms with van der Waals surface area (Å²) in [6, 6.07) is 9.67. The van der Waals surface area contributed by atoms with E-state index in [0.717, 1.165) is 18.4 Å². The van der Waals surface area contributed by atoms with Gasteiger partial charge in [0.15, 0.2) is 0 Å². The molecule has 20 heavy (non-hydrogen) atoms. The average molecular weight is 276 g/mol. The Morgan fingerprint density at radius 2 is 1.80 bits per heavy atom. The molecule has 0 aliphatic carbocycles. The lowest BCUT2D eigenvalue weighted by atomic mass is 9.92. The third kappa shape index (κ3) is 4.97. The molecular weight excluding hydrogens is 248 g/mol. The van der Waals surface area contributed by atoms with E-state index < -0.39 is 5.54 Å². The molecule has 0 aliphatic rings. The average Bonchev–Trinajstić information content (AvgIpc) is 2.39.